The number of aromatic nitrogens is 2. The number of ether oxygens (including phenoxy) is 1. The Kier molecular flexibility index (Phi) is 9.21. The third-order valence-corrected chi connectivity index (χ3v) is 4.57. The maximum Gasteiger partial charge on any atom is 0.299 e. The van der Waals surface area contributed by atoms with Crippen LogP contribution in [0.5, 0.6) is 10.9 Å². The standard InChI is InChI=1S/C16H20ClFN4O2S.ClH/c1-4-13(20-9(2)7-19-8-23)11-5-6-12(17)15(14(11)18)24-16-22-21-10(3)25-16;/h5-6,8-9,13,20H,4,7H2,1-3H3,(H,19,23);1H/t9-,13+;/m0./s1. The largest absolute Gasteiger partial charge is 0.425 e. The van der Waals surface area contributed by atoms with Gasteiger partial charge in [-0.25, -0.2) is 4.39 Å². The fourth-order valence-electron chi connectivity index (χ4n) is 2.37. The quantitative estimate of drug-likeness (QED) is 0.596. The van der Waals surface area contributed by atoms with E-state index in [9.17, 15) is 4.79 Å². The number of amides is 1. The molecule has 0 aliphatic heterocycles. The van der Waals surface area contributed by atoms with Crippen molar-refractivity contribution in [3.63, 3.8) is 0 Å². The van der Waals surface area contributed by atoms with Crippen molar-refractivity contribution in [1.29, 1.82) is 0 Å². The SMILES string of the molecule is CC[C@@H](N[C@@H](C)CNC=O)c1ccc(Cl)c(Oc2nnc(C)s2)c1F.Cl. The van der Waals surface area contributed by atoms with Gasteiger partial charge in [-0.1, -0.05) is 41.0 Å². The van der Waals surface area contributed by atoms with Crippen molar-refractivity contribution in [1.82, 2.24) is 20.8 Å². The van der Waals surface area contributed by atoms with Gasteiger partial charge in [0.05, 0.1) is 5.02 Å². The van der Waals surface area contributed by atoms with Crippen molar-refractivity contribution in [2.75, 3.05) is 6.54 Å². The Morgan fingerprint density at radius 1 is 1.42 bits per heavy atom. The summed E-state index contributed by atoms with van der Waals surface area (Å²) in [7, 11) is 0. The van der Waals surface area contributed by atoms with Gasteiger partial charge in [0, 0.05) is 24.2 Å². The fraction of sp³-hybridized carbons (Fsp3) is 0.438. The highest BCUT2D eigenvalue weighted by Gasteiger charge is 2.22. The fourth-order valence-corrected chi connectivity index (χ4v) is 3.10. The number of rotatable bonds is 9. The molecule has 6 nitrogen and oxygen atoms in total. The molecule has 2 atom stereocenters. The van der Waals surface area contributed by atoms with Crippen molar-refractivity contribution in [3.05, 3.63) is 33.5 Å². The van der Waals surface area contributed by atoms with Crippen LogP contribution in [0, 0.1) is 12.7 Å². The van der Waals surface area contributed by atoms with E-state index in [4.69, 9.17) is 16.3 Å². The summed E-state index contributed by atoms with van der Waals surface area (Å²) in [5, 5.41) is 14.7. The van der Waals surface area contributed by atoms with E-state index in [0.717, 1.165) is 0 Å². The van der Waals surface area contributed by atoms with E-state index in [1.54, 1.807) is 19.1 Å². The monoisotopic (exact) mass is 422 g/mol. The summed E-state index contributed by atoms with van der Waals surface area (Å²) in [6, 6.07) is 2.96. The molecule has 0 aliphatic rings. The Bertz CT molecular complexity index is 732. The minimum absolute atomic E-state index is 0. The summed E-state index contributed by atoms with van der Waals surface area (Å²) in [5.74, 6) is -0.593. The summed E-state index contributed by atoms with van der Waals surface area (Å²) in [5.41, 5.74) is 0.445. The zero-order valence-electron chi connectivity index (χ0n) is 14.6. The van der Waals surface area contributed by atoms with Crippen LogP contribution < -0.4 is 15.4 Å². The van der Waals surface area contributed by atoms with Gasteiger partial charge in [-0.05, 0) is 26.3 Å². The Morgan fingerprint density at radius 3 is 2.73 bits per heavy atom. The minimum atomic E-state index is -0.532. The van der Waals surface area contributed by atoms with Gasteiger partial charge in [0.1, 0.15) is 5.01 Å². The first-order chi connectivity index (χ1) is 12.0. The number of benzene rings is 1. The molecule has 2 N–H and O–H groups in total. The van der Waals surface area contributed by atoms with Gasteiger partial charge in [0.15, 0.2) is 11.6 Å². The van der Waals surface area contributed by atoms with Crippen LogP contribution in [0.4, 0.5) is 4.39 Å². The van der Waals surface area contributed by atoms with Crippen molar-refractivity contribution in [2.24, 2.45) is 0 Å². The molecular formula is C16H21Cl2FN4O2S. The molecule has 1 amide bonds. The highest BCUT2D eigenvalue weighted by molar-refractivity contribution is 7.13. The molecule has 26 heavy (non-hydrogen) atoms. The second kappa shape index (κ2) is 10.6. The van der Waals surface area contributed by atoms with Gasteiger partial charge >= 0.3 is 0 Å². The number of aryl methyl sites for hydroxylation is 1. The van der Waals surface area contributed by atoms with Crippen molar-refractivity contribution < 1.29 is 13.9 Å². The number of halogens is 3. The lowest BCUT2D eigenvalue weighted by Gasteiger charge is -2.23. The molecule has 10 heteroatoms. The van der Waals surface area contributed by atoms with Crippen molar-refractivity contribution in [2.45, 2.75) is 39.3 Å². The molecule has 1 aromatic heterocycles. The maximum atomic E-state index is 15.0. The summed E-state index contributed by atoms with van der Waals surface area (Å²) < 4.78 is 20.5. The van der Waals surface area contributed by atoms with Crippen LogP contribution in [0.25, 0.3) is 0 Å². The second-order valence-corrected chi connectivity index (χ2v) is 7.07. The normalized spacial score (nSPS) is 12.8. The number of hydrogen-bond donors (Lipinski definition) is 2. The molecule has 0 fully saturated rings. The number of nitrogens with one attached hydrogen (secondary N) is 2. The Labute approximate surface area is 166 Å². The average Bonchev–Trinajstić information content (AvgIpc) is 3.00. The molecule has 144 valence electrons. The Balaban J connectivity index is 0.00000338. The van der Waals surface area contributed by atoms with Crippen molar-refractivity contribution >= 4 is 41.8 Å². The molecular weight excluding hydrogens is 402 g/mol. The minimum Gasteiger partial charge on any atom is -0.425 e. The zero-order chi connectivity index (χ0) is 18.4. The molecule has 0 radical (unpaired) electrons. The van der Waals surface area contributed by atoms with E-state index in [0.29, 0.717) is 29.9 Å². The third-order valence-electron chi connectivity index (χ3n) is 3.55. The number of carbonyl (C=O) groups excluding carboxylic acids is 1. The van der Waals surface area contributed by atoms with Crippen LogP contribution in [0.3, 0.4) is 0 Å². The molecule has 0 saturated heterocycles. The number of nitrogens with zero attached hydrogens (tertiary/aromatic N) is 2. The van der Waals surface area contributed by atoms with E-state index in [1.165, 1.54) is 11.3 Å². The van der Waals surface area contributed by atoms with Crippen LogP contribution >= 0.6 is 35.3 Å². The van der Waals surface area contributed by atoms with Crippen LogP contribution in [0.1, 0.15) is 36.9 Å². The predicted molar refractivity (Wildman–Crippen MR) is 103 cm³/mol. The molecule has 2 rings (SSSR count). The molecule has 0 unspecified atom stereocenters. The first kappa shape index (κ1) is 22.6. The topological polar surface area (TPSA) is 76.1 Å². The number of carbonyl (C=O) groups is 1. The van der Waals surface area contributed by atoms with Gasteiger partial charge in [0.2, 0.25) is 6.41 Å². The average molecular weight is 423 g/mol. The maximum absolute atomic E-state index is 15.0. The molecule has 1 heterocycles. The van der Waals surface area contributed by atoms with E-state index < -0.39 is 5.82 Å². The zero-order valence-corrected chi connectivity index (χ0v) is 17.0. The highest BCUT2D eigenvalue weighted by Crippen LogP contribution is 2.37. The van der Waals surface area contributed by atoms with Crippen LogP contribution in [0.2, 0.25) is 5.02 Å². The van der Waals surface area contributed by atoms with Gasteiger partial charge in [-0.3, -0.25) is 4.79 Å². The van der Waals surface area contributed by atoms with Gasteiger partial charge in [0.25, 0.3) is 5.19 Å². The lowest BCUT2D eigenvalue weighted by atomic mass is 10.0. The summed E-state index contributed by atoms with van der Waals surface area (Å²) in [4.78, 5) is 10.4. The Hall–Kier alpha value is -1.48. The summed E-state index contributed by atoms with van der Waals surface area (Å²) in [6.07, 6.45) is 1.29. The van der Waals surface area contributed by atoms with E-state index >= 15 is 4.39 Å². The van der Waals surface area contributed by atoms with E-state index in [-0.39, 0.29) is 40.5 Å². The molecule has 1 aromatic carbocycles. The first-order valence-electron chi connectivity index (χ1n) is 7.85. The lowest BCUT2D eigenvalue weighted by Crippen LogP contribution is -2.38. The van der Waals surface area contributed by atoms with Crippen LogP contribution in [-0.4, -0.2) is 29.2 Å². The molecule has 0 spiro atoms. The van der Waals surface area contributed by atoms with Crippen molar-refractivity contribution in [3.8, 4) is 10.9 Å². The van der Waals surface area contributed by atoms with Gasteiger partial charge < -0.3 is 15.4 Å². The highest BCUT2D eigenvalue weighted by atomic mass is 35.5. The van der Waals surface area contributed by atoms with Crippen LogP contribution in [0.15, 0.2) is 12.1 Å². The Morgan fingerprint density at radius 2 is 2.15 bits per heavy atom. The summed E-state index contributed by atoms with van der Waals surface area (Å²) >= 11 is 7.32. The molecule has 0 aliphatic carbocycles. The van der Waals surface area contributed by atoms with Gasteiger partial charge in [-0.15, -0.1) is 17.5 Å². The van der Waals surface area contributed by atoms with E-state index in [2.05, 4.69) is 20.8 Å². The van der Waals surface area contributed by atoms with Gasteiger partial charge in [-0.2, -0.15) is 0 Å². The molecule has 0 saturated carbocycles. The number of hydrogen-bond acceptors (Lipinski definition) is 6. The smallest absolute Gasteiger partial charge is 0.299 e. The molecule has 0 bridgehead atoms. The lowest BCUT2D eigenvalue weighted by molar-refractivity contribution is -0.109. The summed E-state index contributed by atoms with van der Waals surface area (Å²) in [6.45, 7) is 6.09. The second-order valence-electron chi connectivity index (χ2n) is 5.52. The van der Waals surface area contributed by atoms with Crippen LogP contribution in [-0.2, 0) is 4.79 Å². The van der Waals surface area contributed by atoms with E-state index in [1.807, 2.05) is 13.8 Å². The third kappa shape index (κ3) is 5.77. The first-order valence-corrected chi connectivity index (χ1v) is 9.04. The molecule has 2 aromatic rings. The predicted octanol–water partition coefficient (Wildman–Crippen LogP) is 4.03.